The molecular weight excluding hydrogens is 985 g/mol. The van der Waals surface area contributed by atoms with Crippen molar-refractivity contribution in [2.24, 2.45) is 0 Å². The summed E-state index contributed by atoms with van der Waals surface area (Å²) in [7, 11) is 0. The van der Waals surface area contributed by atoms with Gasteiger partial charge in [-0.15, -0.1) is 0 Å². The Hall–Kier alpha value is -2.37. The zero-order valence-corrected chi connectivity index (χ0v) is 54.1. The molecule has 0 saturated heterocycles. The fraction of sp³-hybridized carbons (Fsp3) is 0.878. The zero-order valence-electron chi connectivity index (χ0n) is 54.1. The number of esters is 3. The number of rotatable bonds is 67. The molecule has 0 bridgehead atoms. The number of carbonyl (C=O) groups is 3. The predicted octanol–water partition coefficient (Wildman–Crippen LogP) is 24.7. The maximum Gasteiger partial charge on any atom is 0.306 e. The molecule has 0 radical (unpaired) electrons. The normalized spacial score (nSPS) is 12.2. The second kappa shape index (κ2) is 69.1. The van der Waals surface area contributed by atoms with Crippen molar-refractivity contribution in [1.82, 2.24) is 0 Å². The van der Waals surface area contributed by atoms with Gasteiger partial charge in [-0.1, -0.05) is 340 Å². The molecule has 0 amide bonds. The maximum atomic E-state index is 12.9. The lowest BCUT2D eigenvalue weighted by molar-refractivity contribution is -0.167. The summed E-state index contributed by atoms with van der Waals surface area (Å²) in [6.07, 6.45) is 86.2. The molecule has 0 saturated carbocycles. The molecular formula is C74H138O6. The first-order valence-corrected chi connectivity index (χ1v) is 36.0. The third-order valence-electron chi connectivity index (χ3n) is 16.4. The molecule has 0 N–H and O–H groups in total. The van der Waals surface area contributed by atoms with Crippen molar-refractivity contribution in [2.75, 3.05) is 13.2 Å². The highest BCUT2D eigenvalue weighted by atomic mass is 16.6. The monoisotopic (exact) mass is 1120 g/mol. The van der Waals surface area contributed by atoms with Gasteiger partial charge in [-0.2, -0.15) is 0 Å². The van der Waals surface area contributed by atoms with E-state index in [1.807, 2.05) is 0 Å². The Morgan fingerprint density at radius 2 is 0.450 bits per heavy atom. The van der Waals surface area contributed by atoms with Crippen LogP contribution in [0.15, 0.2) is 36.5 Å². The number of allylic oxidation sites excluding steroid dienone is 6. The molecule has 0 aliphatic carbocycles. The van der Waals surface area contributed by atoms with Crippen molar-refractivity contribution in [3.63, 3.8) is 0 Å². The first-order valence-electron chi connectivity index (χ1n) is 36.0. The minimum atomic E-state index is -0.779. The van der Waals surface area contributed by atoms with Crippen molar-refractivity contribution in [1.29, 1.82) is 0 Å². The van der Waals surface area contributed by atoms with Crippen LogP contribution >= 0.6 is 0 Å². The molecule has 0 fully saturated rings. The van der Waals surface area contributed by atoms with Crippen molar-refractivity contribution in [3.8, 4) is 0 Å². The smallest absolute Gasteiger partial charge is 0.306 e. The Morgan fingerprint density at radius 3 is 0.725 bits per heavy atom. The van der Waals surface area contributed by atoms with Crippen LogP contribution in [0.3, 0.4) is 0 Å². The van der Waals surface area contributed by atoms with E-state index in [1.54, 1.807) is 0 Å². The summed E-state index contributed by atoms with van der Waals surface area (Å²) in [5, 5.41) is 0. The van der Waals surface area contributed by atoms with Gasteiger partial charge in [0.2, 0.25) is 0 Å². The lowest BCUT2D eigenvalue weighted by atomic mass is 10.0. The number of hydrogen-bond acceptors (Lipinski definition) is 6. The van der Waals surface area contributed by atoms with Gasteiger partial charge in [-0.25, -0.2) is 0 Å². The van der Waals surface area contributed by atoms with Crippen LogP contribution in [0.5, 0.6) is 0 Å². The predicted molar refractivity (Wildman–Crippen MR) is 349 cm³/mol. The van der Waals surface area contributed by atoms with Gasteiger partial charge in [-0.3, -0.25) is 14.4 Å². The molecule has 6 heteroatoms. The van der Waals surface area contributed by atoms with E-state index >= 15 is 0 Å². The first-order chi connectivity index (χ1) is 39.5. The molecule has 0 aromatic carbocycles. The molecule has 0 spiro atoms. The maximum absolute atomic E-state index is 12.9. The topological polar surface area (TPSA) is 78.9 Å². The van der Waals surface area contributed by atoms with E-state index in [9.17, 15) is 14.4 Å². The van der Waals surface area contributed by atoms with Gasteiger partial charge in [0.25, 0.3) is 0 Å². The third kappa shape index (κ3) is 66.4. The molecule has 0 aromatic heterocycles. The van der Waals surface area contributed by atoms with E-state index in [-0.39, 0.29) is 31.1 Å². The minimum absolute atomic E-state index is 0.0737. The van der Waals surface area contributed by atoms with Gasteiger partial charge in [0.05, 0.1) is 0 Å². The Balaban J connectivity index is 4.15. The molecule has 0 rings (SSSR count). The third-order valence-corrected chi connectivity index (χ3v) is 16.4. The average Bonchev–Trinajstić information content (AvgIpc) is 3.46. The molecule has 6 nitrogen and oxygen atoms in total. The summed E-state index contributed by atoms with van der Waals surface area (Å²) < 4.78 is 17.0. The highest BCUT2D eigenvalue weighted by Gasteiger charge is 2.19. The highest BCUT2D eigenvalue weighted by molar-refractivity contribution is 5.71. The molecule has 0 aliphatic rings. The Labute approximate surface area is 499 Å². The molecule has 1 unspecified atom stereocenters. The summed E-state index contributed by atoms with van der Waals surface area (Å²) in [5.41, 5.74) is 0. The van der Waals surface area contributed by atoms with Crippen LogP contribution in [0.1, 0.15) is 400 Å². The average molecular weight is 1120 g/mol. The van der Waals surface area contributed by atoms with E-state index in [1.165, 1.54) is 283 Å². The minimum Gasteiger partial charge on any atom is -0.462 e. The first kappa shape index (κ1) is 77.6. The largest absolute Gasteiger partial charge is 0.462 e. The van der Waals surface area contributed by atoms with Crippen LogP contribution in [0.2, 0.25) is 0 Å². The second-order valence-corrected chi connectivity index (χ2v) is 24.5. The number of ether oxygens (including phenoxy) is 3. The van der Waals surface area contributed by atoms with Gasteiger partial charge in [0.15, 0.2) is 6.10 Å². The molecule has 0 heterocycles. The van der Waals surface area contributed by atoms with Crippen LogP contribution in [0.25, 0.3) is 0 Å². The second-order valence-electron chi connectivity index (χ2n) is 24.5. The van der Waals surface area contributed by atoms with Gasteiger partial charge in [0, 0.05) is 19.3 Å². The molecule has 0 aromatic rings. The lowest BCUT2D eigenvalue weighted by Gasteiger charge is -2.18. The quantitative estimate of drug-likeness (QED) is 0.0261. The fourth-order valence-electron chi connectivity index (χ4n) is 10.9. The Bertz CT molecular complexity index is 1340. The van der Waals surface area contributed by atoms with Gasteiger partial charge < -0.3 is 14.2 Å². The van der Waals surface area contributed by atoms with Crippen molar-refractivity contribution >= 4 is 17.9 Å². The van der Waals surface area contributed by atoms with Gasteiger partial charge in [-0.05, 0) is 77.0 Å². The molecule has 1 atom stereocenters. The summed E-state index contributed by atoms with van der Waals surface area (Å²) >= 11 is 0. The highest BCUT2D eigenvalue weighted by Crippen LogP contribution is 2.19. The number of unbranched alkanes of at least 4 members (excludes halogenated alkanes) is 50. The SMILES string of the molecule is CCCCC/C=C\C/C=C\CCCCCCCCCC(=O)OC(COC(=O)CCCCCCC/C=C\CCCCCCC)COC(=O)CCCCCCCCCCCCCCCCCCCCCCCCCCCCCCCCC. The number of carbonyl (C=O) groups excluding carboxylic acids is 3. The Kier molecular flexibility index (Phi) is 67.1. The van der Waals surface area contributed by atoms with Crippen LogP contribution < -0.4 is 0 Å². The van der Waals surface area contributed by atoms with Crippen molar-refractivity contribution < 1.29 is 28.6 Å². The lowest BCUT2D eigenvalue weighted by Crippen LogP contribution is -2.30. The van der Waals surface area contributed by atoms with Crippen LogP contribution in [0.4, 0.5) is 0 Å². The van der Waals surface area contributed by atoms with E-state index in [0.29, 0.717) is 19.3 Å². The van der Waals surface area contributed by atoms with E-state index in [0.717, 1.165) is 77.0 Å². The van der Waals surface area contributed by atoms with E-state index in [2.05, 4.69) is 57.2 Å². The summed E-state index contributed by atoms with van der Waals surface area (Å²) in [6.45, 7) is 6.66. The van der Waals surface area contributed by atoms with Crippen LogP contribution in [-0.2, 0) is 28.6 Å². The van der Waals surface area contributed by atoms with Crippen LogP contribution in [-0.4, -0.2) is 37.2 Å². The number of hydrogen-bond donors (Lipinski definition) is 0. The Morgan fingerprint density at radius 1 is 0.250 bits per heavy atom. The van der Waals surface area contributed by atoms with Crippen molar-refractivity contribution in [2.45, 2.75) is 406 Å². The summed E-state index contributed by atoms with van der Waals surface area (Å²) in [5.74, 6) is -0.864. The molecule has 0 aliphatic heterocycles. The standard InChI is InChI=1S/C74H138O6/c1-4-7-10-13-16-19-22-25-28-30-31-32-33-34-35-36-37-38-39-40-41-42-43-45-46-49-52-55-58-61-64-67-73(76)79-70-71(69-78-72(75)66-63-60-57-54-51-48-27-24-21-18-15-12-9-6-3)80-74(77)68-65-62-59-56-53-50-47-44-29-26-23-20-17-14-11-8-5-2/h17,20,24,26-27,29,71H,4-16,18-19,21-23,25,28,30-70H2,1-3H3/b20-17-,27-24-,29-26-. The summed E-state index contributed by atoms with van der Waals surface area (Å²) in [6, 6.07) is 0. The molecule has 470 valence electrons. The van der Waals surface area contributed by atoms with E-state index < -0.39 is 6.10 Å². The zero-order chi connectivity index (χ0) is 57.8. The van der Waals surface area contributed by atoms with E-state index in [4.69, 9.17) is 14.2 Å². The molecule has 80 heavy (non-hydrogen) atoms. The van der Waals surface area contributed by atoms with Crippen LogP contribution in [0, 0.1) is 0 Å². The van der Waals surface area contributed by atoms with Gasteiger partial charge in [0.1, 0.15) is 13.2 Å². The van der Waals surface area contributed by atoms with Crippen molar-refractivity contribution in [3.05, 3.63) is 36.5 Å². The fourth-order valence-corrected chi connectivity index (χ4v) is 10.9. The van der Waals surface area contributed by atoms with Gasteiger partial charge >= 0.3 is 17.9 Å². The summed E-state index contributed by atoms with van der Waals surface area (Å²) in [4.78, 5) is 38.4.